The number of carboxylic acid groups (broad SMARTS) is 1. The second-order valence-corrected chi connectivity index (χ2v) is 9.19. The van der Waals surface area contributed by atoms with E-state index in [0.29, 0.717) is 0 Å². The number of piperidine rings is 1. The van der Waals surface area contributed by atoms with Crippen LogP contribution in [0.1, 0.15) is 35.7 Å². The third kappa shape index (κ3) is 3.33. The number of aryl methyl sites for hydroxylation is 1. The molecule has 1 aliphatic heterocycles. The summed E-state index contributed by atoms with van der Waals surface area (Å²) >= 11 is 1.63. The SMILES string of the molecule is Cc1cc(-c2nccs2)cc(N2CCC3(CC2)Cc2ccccc2[C@H]3NC(=O)O)n1. The number of aromatic nitrogens is 2. The molecule has 2 aliphatic rings. The van der Waals surface area contributed by atoms with Crippen molar-refractivity contribution in [3.05, 3.63) is 64.8 Å². The molecule has 0 unspecified atom stereocenters. The lowest BCUT2D eigenvalue weighted by atomic mass is 9.72. The molecule has 1 aliphatic carbocycles. The maximum Gasteiger partial charge on any atom is 0.405 e. The first-order valence-electron chi connectivity index (χ1n) is 10.2. The van der Waals surface area contributed by atoms with Crippen molar-refractivity contribution in [3.8, 4) is 10.6 Å². The Kier molecular flexibility index (Phi) is 4.70. The largest absolute Gasteiger partial charge is 0.465 e. The molecule has 6 nitrogen and oxygen atoms in total. The first kappa shape index (κ1) is 19.1. The molecule has 5 rings (SSSR count). The molecule has 0 radical (unpaired) electrons. The second-order valence-electron chi connectivity index (χ2n) is 8.30. The fourth-order valence-corrected chi connectivity index (χ4v) is 5.72. The highest BCUT2D eigenvalue weighted by atomic mass is 32.1. The number of nitrogens with one attached hydrogen (secondary N) is 1. The molecular weight excluding hydrogens is 396 g/mol. The van der Waals surface area contributed by atoms with Crippen molar-refractivity contribution < 1.29 is 9.90 Å². The molecule has 2 N–H and O–H groups in total. The number of pyridine rings is 1. The summed E-state index contributed by atoms with van der Waals surface area (Å²) in [5.41, 5.74) is 4.42. The van der Waals surface area contributed by atoms with E-state index >= 15 is 0 Å². The van der Waals surface area contributed by atoms with Crippen LogP contribution < -0.4 is 10.2 Å². The summed E-state index contributed by atoms with van der Waals surface area (Å²) in [6, 6.07) is 12.3. The Bertz CT molecular complexity index is 1070. The summed E-state index contributed by atoms with van der Waals surface area (Å²) in [6.45, 7) is 3.74. The number of rotatable bonds is 3. The molecule has 3 heterocycles. The molecule has 1 saturated heterocycles. The molecule has 1 atom stereocenters. The molecular formula is C23H24N4O2S. The highest BCUT2D eigenvalue weighted by Gasteiger charge is 2.48. The lowest BCUT2D eigenvalue weighted by Gasteiger charge is -2.43. The van der Waals surface area contributed by atoms with Crippen LogP contribution in [-0.2, 0) is 6.42 Å². The number of benzene rings is 1. The molecule has 3 aromatic rings. The van der Waals surface area contributed by atoms with Gasteiger partial charge in [0.05, 0.1) is 6.04 Å². The number of hydrogen-bond acceptors (Lipinski definition) is 5. The minimum absolute atomic E-state index is 0.0689. The molecule has 1 spiro atoms. The lowest BCUT2D eigenvalue weighted by Crippen LogP contribution is -2.47. The van der Waals surface area contributed by atoms with E-state index in [9.17, 15) is 9.90 Å². The van der Waals surface area contributed by atoms with Gasteiger partial charge in [-0.25, -0.2) is 14.8 Å². The molecule has 1 amide bonds. The monoisotopic (exact) mass is 420 g/mol. The van der Waals surface area contributed by atoms with Gasteiger partial charge in [-0.3, -0.25) is 0 Å². The standard InChI is InChI=1S/C23H24N4O2S/c1-15-12-17(21-24-8-11-30-21)13-19(25-15)27-9-6-23(7-10-27)14-16-4-2-3-5-18(16)20(23)26-22(28)29/h2-5,8,11-13,20,26H,6-7,9-10,14H2,1H3,(H,28,29)/t20-/m1/s1. The number of fused-ring (bicyclic) bond motifs is 1. The van der Waals surface area contributed by atoms with Gasteiger partial charge < -0.3 is 15.3 Å². The summed E-state index contributed by atoms with van der Waals surface area (Å²) in [5, 5.41) is 15.3. The van der Waals surface area contributed by atoms with Crippen LogP contribution in [0.3, 0.4) is 0 Å². The topological polar surface area (TPSA) is 78.4 Å². The van der Waals surface area contributed by atoms with E-state index in [-0.39, 0.29) is 11.5 Å². The average molecular weight is 421 g/mol. The van der Waals surface area contributed by atoms with Crippen LogP contribution >= 0.6 is 11.3 Å². The van der Waals surface area contributed by atoms with Crippen molar-refractivity contribution in [2.24, 2.45) is 5.41 Å². The van der Waals surface area contributed by atoms with Crippen molar-refractivity contribution in [3.63, 3.8) is 0 Å². The second kappa shape index (κ2) is 7.40. The van der Waals surface area contributed by atoms with Gasteiger partial charge in [-0.15, -0.1) is 11.3 Å². The van der Waals surface area contributed by atoms with Crippen molar-refractivity contribution in [2.45, 2.75) is 32.2 Å². The number of carbonyl (C=O) groups is 1. The van der Waals surface area contributed by atoms with Gasteiger partial charge in [0.1, 0.15) is 10.8 Å². The van der Waals surface area contributed by atoms with Crippen molar-refractivity contribution in [1.82, 2.24) is 15.3 Å². The van der Waals surface area contributed by atoms with Crippen LogP contribution in [0, 0.1) is 12.3 Å². The number of nitrogens with zero attached hydrogens (tertiary/aromatic N) is 3. The Morgan fingerprint density at radius 1 is 1.27 bits per heavy atom. The van der Waals surface area contributed by atoms with Gasteiger partial charge in [0.15, 0.2) is 0 Å². The summed E-state index contributed by atoms with van der Waals surface area (Å²) < 4.78 is 0. The Balaban J connectivity index is 1.39. The summed E-state index contributed by atoms with van der Waals surface area (Å²) in [7, 11) is 0. The van der Waals surface area contributed by atoms with E-state index in [1.165, 1.54) is 5.56 Å². The fraction of sp³-hybridized carbons (Fsp3) is 0.348. The quantitative estimate of drug-likeness (QED) is 0.644. The Morgan fingerprint density at radius 3 is 2.80 bits per heavy atom. The zero-order valence-electron chi connectivity index (χ0n) is 16.8. The van der Waals surface area contributed by atoms with Crippen molar-refractivity contribution in [1.29, 1.82) is 0 Å². The van der Waals surface area contributed by atoms with E-state index in [1.807, 2.05) is 30.6 Å². The van der Waals surface area contributed by atoms with Gasteiger partial charge in [-0.05, 0) is 49.4 Å². The third-order valence-corrected chi connectivity index (χ3v) is 7.31. The van der Waals surface area contributed by atoms with Crippen LogP contribution in [0.2, 0.25) is 0 Å². The Labute approximate surface area is 179 Å². The van der Waals surface area contributed by atoms with Crippen molar-refractivity contribution in [2.75, 3.05) is 18.0 Å². The van der Waals surface area contributed by atoms with Crippen LogP contribution in [-0.4, -0.2) is 34.3 Å². The minimum Gasteiger partial charge on any atom is -0.465 e. The van der Waals surface area contributed by atoms with Crippen molar-refractivity contribution >= 4 is 23.2 Å². The van der Waals surface area contributed by atoms with Gasteiger partial charge in [-0.2, -0.15) is 0 Å². The molecule has 0 saturated carbocycles. The van der Waals surface area contributed by atoms with Gasteiger partial charge in [0.25, 0.3) is 0 Å². The summed E-state index contributed by atoms with van der Waals surface area (Å²) in [5.74, 6) is 0.980. The number of anilines is 1. The molecule has 7 heteroatoms. The highest BCUT2D eigenvalue weighted by Crippen LogP contribution is 2.52. The van der Waals surface area contributed by atoms with E-state index < -0.39 is 6.09 Å². The normalized spacial score (nSPS) is 19.6. The van der Waals surface area contributed by atoms with E-state index in [1.54, 1.807) is 11.3 Å². The van der Waals surface area contributed by atoms with Gasteiger partial charge in [-0.1, -0.05) is 24.3 Å². The average Bonchev–Trinajstić information content (AvgIpc) is 3.36. The molecule has 154 valence electrons. The van der Waals surface area contributed by atoms with Crippen LogP contribution in [0.25, 0.3) is 10.6 Å². The summed E-state index contributed by atoms with van der Waals surface area (Å²) in [4.78, 5) is 23.1. The predicted octanol–water partition coefficient (Wildman–Crippen LogP) is 4.67. The maximum absolute atomic E-state index is 11.5. The molecule has 0 bridgehead atoms. The summed E-state index contributed by atoms with van der Waals surface area (Å²) in [6.07, 6.45) is 3.65. The van der Waals surface area contributed by atoms with E-state index in [0.717, 1.165) is 60.0 Å². The number of amides is 1. The lowest BCUT2D eigenvalue weighted by molar-refractivity contribution is 0.141. The Morgan fingerprint density at radius 2 is 2.07 bits per heavy atom. The van der Waals surface area contributed by atoms with Crippen LogP contribution in [0.15, 0.2) is 48.0 Å². The maximum atomic E-state index is 11.5. The van der Waals surface area contributed by atoms with Crippen LogP contribution in [0.5, 0.6) is 0 Å². The Hall–Kier alpha value is -2.93. The third-order valence-electron chi connectivity index (χ3n) is 6.49. The van der Waals surface area contributed by atoms with E-state index in [4.69, 9.17) is 4.98 Å². The molecule has 1 aromatic carbocycles. The smallest absolute Gasteiger partial charge is 0.405 e. The van der Waals surface area contributed by atoms with Gasteiger partial charge >= 0.3 is 6.09 Å². The zero-order chi connectivity index (χ0) is 20.7. The van der Waals surface area contributed by atoms with Gasteiger partial charge in [0.2, 0.25) is 0 Å². The number of thiazole rings is 1. The molecule has 2 aromatic heterocycles. The predicted molar refractivity (Wildman–Crippen MR) is 118 cm³/mol. The first-order chi connectivity index (χ1) is 14.5. The van der Waals surface area contributed by atoms with Crippen LogP contribution in [0.4, 0.5) is 10.6 Å². The fourth-order valence-electron chi connectivity index (χ4n) is 5.09. The number of hydrogen-bond donors (Lipinski definition) is 2. The first-order valence-corrected chi connectivity index (χ1v) is 11.1. The van der Waals surface area contributed by atoms with Gasteiger partial charge in [0, 0.05) is 41.3 Å². The molecule has 1 fully saturated rings. The minimum atomic E-state index is -0.952. The highest BCUT2D eigenvalue weighted by molar-refractivity contribution is 7.13. The zero-order valence-corrected chi connectivity index (χ0v) is 17.7. The van der Waals surface area contributed by atoms with E-state index in [2.05, 4.69) is 39.5 Å². The molecule has 30 heavy (non-hydrogen) atoms.